The van der Waals surface area contributed by atoms with Gasteiger partial charge in [-0.15, -0.1) is 24.8 Å². The van der Waals surface area contributed by atoms with Crippen LogP contribution in [0.5, 0.6) is 0 Å². The van der Waals surface area contributed by atoms with Gasteiger partial charge in [0.2, 0.25) is 0 Å². The quantitative estimate of drug-likeness (QED) is 0.158. The largest absolute Gasteiger partial charge is 0.147 e. The molecule has 4 aromatic heterocycles. The molecule has 0 fully saturated rings. The molecule has 8 rings (SSSR count). The van der Waals surface area contributed by atoms with Crippen molar-refractivity contribution in [3.8, 4) is 45.0 Å². The Bertz CT molecular complexity index is 2180. The average Bonchev–Trinajstić information content (AvgIpc) is 3.65. The summed E-state index contributed by atoms with van der Waals surface area (Å²) in [4.78, 5) is 19.2. The number of hydrogen-bond acceptors (Lipinski definition) is 4. The van der Waals surface area contributed by atoms with Crippen molar-refractivity contribution in [2.75, 3.05) is 0 Å². The van der Waals surface area contributed by atoms with Gasteiger partial charge in [0.05, 0.1) is 0 Å². The fraction of sp³-hybridized carbons (Fsp3) is 0.143. The molecular weight excluding hydrogens is 751 g/mol. The van der Waals surface area contributed by atoms with Gasteiger partial charge in [0.25, 0.3) is 0 Å². The molecule has 0 saturated heterocycles. The van der Waals surface area contributed by atoms with Crippen LogP contribution < -0.4 is 0 Å². The summed E-state index contributed by atoms with van der Waals surface area (Å²) >= 11 is -3.89. The molecule has 4 heterocycles. The first-order valence-corrected chi connectivity index (χ1v) is 30.3. The van der Waals surface area contributed by atoms with Gasteiger partial charge < -0.3 is 0 Å². The SMILES string of the molecule is CC1=Cc2c(-c3ccccn3)cc(-c3ccccn3)cc2[CH]1[Zr]([CH3])([CH3])(=[SiH2])[CH]1C(C)=Cc2c(-c3ccccn3)cc(-c3ccccn3)cc21.Cl.Cl. The van der Waals surface area contributed by atoms with E-state index in [4.69, 9.17) is 19.9 Å². The molecule has 0 amide bonds. The predicted molar refractivity (Wildman–Crippen MR) is 213 cm³/mol. The summed E-state index contributed by atoms with van der Waals surface area (Å²) in [5, 5.41) is 0. The number of allylic oxidation sites excluding steroid dienone is 2. The molecule has 0 N–H and O–H groups in total. The van der Waals surface area contributed by atoms with Crippen molar-refractivity contribution < 1.29 is 17.4 Å². The van der Waals surface area contributed by atoms with Crippen LogP contribution in [0.4, 0.5) is 0 Å². The first-order valence-electron chi connectivity index (χ1n) is 16.6. The zero-order valence-electron chi connectivity index (χ0n) is 28.7. The Hall–Kier alpha value is -3.80. The Balaban J connectivity index is 0.00000216. The summed E-state index contributed by atoms with van der Waals surface area (Å²) in [6.07, 6.45) is 12.5. The molecule has 2 atom stereocenters. The fourth-order valence-corrected chi connectivity index (χ4v) is 30.0. The minimum absolute atomic E-state index is 0. The second kappa shape index (κ2) is 13.7. The van der Waals surface area contributed by atoms with E-state index in [-0.39, 0.29) is 24.8 Å². The fourth-order valence-electron chi connectivity index (χ4n) is 8.78. The monoisotopic (exact) mass is 788 g/mol. The summed E-state index contributed by atoms with van der Waals surface area (Å²) < 4.78 is 6.08. The van der Waals surface area contributed by atoms with Crippen molar-refractivity contribution in [1.29, 1.82) is 0 Å². The number of hydrogen-bond donors (Lipinski definition) is 0. The van der Waals surface area contributed by atoms with Gasteiger partial charge in [0, 0.05) is 0 Å². The summed E-state index contributed by atoms with van der Waals surface area (Å²) in [5.74, 6) is 0. The number of fused-ring (bicyclic) bond motifs is 2. The van der Waals surface area contributed by atoms with Crippen LogP contribution in [-0.4, -0.2) is 26.8 Å². The molecule has 6 aromatic rings. The van der Waals surface area contributed by atoms with Crippen LogP contribution in [0.15, 0.2) is 133 Å². The van der Waals surface area contributed by atoms with E-state index in [9.17, 15) is 0 Å². The van der Waals surface area contributed by atoms with E-state index in [1.54, 1.807) is 0 Å². The third-order valence-corrected chi connectivity index (χ3v) is 28.3. The summed E-state index contributed by atoms with van der Waals surface area (Å²) in [6.45, 7) is 7.09. The molecule has 50 heavy (non-hydrogen) atoms. The number of aromatic nitrogens is 4. The Morgan fingerprint density at radius 1 is 0.500 bits per heavy atom. The molecule has 4 nitrogen and oxygen atoms in total. The molecule has 250 valence electrons. The third-order valence-electron chi connectivity index (χ3n) is 10.4. The van der Waals surface area contributed by atoms with E-state index in [0.29, 0.717) is 7.25 Å². The van der Waals surface area contributed by atoms with Crippen LogP contribution in [0.1, 0.15) is 43.4 Å². The van der Waals surface area contributed by atoms with Crippen LogP contribution >= 0.6 is 24.8 Å². The van der Waals surface area contributed by atoms with Gasteiger partial charge in [0.15, 0.2) is 0 Å². The van der Waals surface area contributed by atoms with Gasteiger partial charge in [0.1, 0.15) is 0 Å². The summed E-state index contributed by atoms with van der Waals surface area (Å²) in [7, 11) is 0. The topological polar surface area (TPSA) is 51.6 Å². The minimum Gasteiger partial charge on any atom is -0.147 e. The zero-order valence-corrected chi connectivity index (χ0v) is 34.2. The van der Waals surface area contributed by atoms with Gasteiger partial charge in [-0.1, -0.05) is 0 Å². The van der Waals surface area contributed by atoms with Crippen molar-refractivity contribution in [2.45, 2.75) is 30.4 Å². The van der Waals surface area contributed by atoms with Crippen molar-refractivity contribution in [3.05, 3.63) is 155 Å². The minimum atomic E-state index is -3.89. The molecule has 2 unspecified atom stereocenters. The zero-order chi connectivity index (χ0) is 33.1. The number of benzene rings is 2. The van der Waals surface area contributed by atoms with Crippen LogP contribution in [0.25, 0.3) is 57.2 Å². The molecule has 2 aromatic carbocycles. The second-order valence-electron chi connectivity index (χ2n) is 14.5. The van der Waals surface area contributed by atoms with Crippen molar-refractivity contribution in [2.24, 2.45) is 0 Å². The molecule has 0 aliphatic heterocycles. The first kappa shape index (κ1) is 36.0. The molecule has 0 bridgehead atoms. The van der Waals surface area contributed by atoms with Gasteiger partial charge in [-0.05, 0) is 0 Å². The van der Waals surface area contributed by atoms with E-state index in [1.165, 1.54) is 44.5 Å². The molecular formula is C42H40Cl2N4SiZr. The molecule has 2 aliphatic carbocycles. The van der Waals surface area contributed by atoms with Crippen molar-refractivity contribution in [1.82, 2.24) is 19.9 Å². The van der Waals surface area contributed by atoms with E-state index in [0.717, 1.165) is 33.9 Å². The predicted octanol–water partition coefficient (Wildman–Crippen LogP) is 10.7. The van der Waals surface area contributed by atoms with E-state index >= 15 is 0 Å². The smallest absolute Gasteiger partial charge is 0.147 e. The van der Waals surface area contributed by atoms with E-state index in [2.05, 4.69) is 115 Å². The molecule has 0 spiro atoms. The first-order chi connectivity index (χ1) is 23.2. The Morgan fingerprint density at radius 2 is 0.840 bits per heavy atom. The number of rotatable bonds is 6. The average molecular weight is 791 g/mol. The second-order valence-corrected chi connectivity index (χ2v) is 45.0. The van der Waals surface area contributed by atoms with Crippen LogP contribution in [0, 0.1) is 0 Å². The van der Waals surface area contributed by atoms with Crippen molar-refractivity contribution in [3.63, 3.8) is 0 Å². The molecule has 2 aliphatic rings. The Labute approximate surface area is 309 Å². The van der Waals surface area contributed by atoms with E-state index in [1.807, 2.05) is 49.1 Å². The normalized spacial score (nSPS) is 16.3. The maximum Gasteiger partial charge on any atom is -0.147 e. The molecule has 0 radical (unpaired) electrons. The van der Waals surface area contributed by atoms with Crippen LogP contribution in [0.3, 0.4) is 0 Å². The van der Waals surface area contributed by atoms with Crippen LogP contribution in [0.2, 0.25) is 9.26 Å². The van der Waals surface area contributed by atoms with Crippen molar-refractivity contribution >= 4 is 43.8 Å². The maximum atomic E-state index is 4.84. The van der Waals surface area contributed by atoms with Gasteiger partial charge >= 0.3 is 287 Å². The standard InChI is InChI=1S/2C20H15N2.2CH3.2ClH.H2Si.Zr/c2*1-14-10-15-12-16(19-6-2-4-8-21-19)13-18(17(15)11-14)20-7-3-5-9-22-20;;;;;;/h2*2-13H,1H3;2*1H3;2*1H;1H2;. The van der Waals surface area contributed by atoms with Gasteiger partial charge in [-0.25, -0.2) is 0 Å². The molecule has 8 heteroatoms. The summed E-state index contributed by atoms with van der Waals surface area (Å²) in [5.41, 5.74) is 17.0. The summed E-state index contributed by atoms with van der Waals surface area (Å²) in [6, 6.07) is 34.2. The molecule has 0 saturated carbocycles. The number of halogens is 2. The maximum absolute atomic E-state index is 4.84. The number of pyridine rings is 4. The Kier molecular flexibility index (Phi) is 9.89. The third kappa shape index (κ3) is 6.11. The van der Waals surface area contributed by atoms with Crippen LogP contribution in [-0.2, 0) is 17.4 Å². The van der Waals surface area contributed by atoms with E-state index < -0.39 is 17.4 Å². The Morgan fingerprint density at radius 3 is 1.16 bits per heavy atom. The number of nitrogens with zero attached hydrogens (tertiary/aromatic N) is 4. The van der Waals surface area contributed by atoms with Gasteiger partial charge in [-0.3, -0.25) is 0 Å². The van der Waals surface area contributed by atoms with Gasteiger partial charge in [-0.2, -0.15) is 0 Å².